The lowest BCUT2D eigenvalue weighted by Crippen LogP contribution is -2.48. The largest absolute Gasteiger partial charge is 0.390 e. The monoisotopic (exact) mass is 331 g/mol. The molecule has 2 atom stereocenters. The third-order valence-electron chi connectivity index (χ3n) is 5.39. The molecule has 1 aromatic carbocycles. The predicted octanol–water partition coefficient (Wildman–Crippen LogP) is 1.89. The van der Waals surface area contributed by atoms with Crippen LogP contribution in [0.3, 0.4) is 0 Å². The van der Waals surface area contributed by atoms with Crippen molar-refractivity contribution in [2.24, 2.45) is 5.92 Å². The lowest BCUT2D eigenvalue weighted by atomic mass is 9.80. The summed E-state index contributed by atoms with van der Waals surface area (Å²) in [6.45, 7) is 4.77. The van der Waals surface area contributed by atoms with Crippen LogP contribution in [0, 0.1) is 5.92 Å². The van der Waals surface area contributed by atoms with Crippen molar-refractivity contribution < 1.29 is 9.90 Å². The Labute approximate surface area is 144 Å². The van der Waals surface area contributed by atoms with Gasteiger partial charge < -0.3 is 15.7 Å². The highest BCUT2D eigenvalue weighted by molar-refractivity contribution is 5.74. The minimum atomic E-state index is -0.542. The molecule has 0 saturated heterocycles. The molecule has 1 fully saturated rings. The molecule has 1 saturated carbocycles. The highest BCUT2D eigenvalue weighted by atomic mass is 16.3. The van der Waals surface area contributed by atoms with Gasteiger partial charge in [-0.25, -0.2) is 4.79 Å². The van der Waals surface area contributed by atoms with Crippen molar-refractivity contribution in [3.8, 4) is 0 Å². The van der Waals surface area contributed by atoms with Crippen LogP contribution in [0.25, 0.3) is 0 Å². The van der Waals surface area contributed by atoms with E-state index in [2.05, 4.69) is 46.7 Å². The summed E-state index contributed by atoms with van der Waals surface area (Å²) in [4.78, 5) is 14.2. The molecule has 3 rings (SSSR count). The number of aliphatic hydroxyl groups is 1. The SMILES string of the molecule is CC(NC(=O)NCC(O)CN1CCc2ccccc2C1)C1CCC1. The van der Waals surface area contributed by atoms with Gasteiger partial charge in [-0.05, 0) is 43.2 Å². The smallest absolute Gasteiger partial charge is 0.315 e. The number of fused-ring (bicyclic) bond motifs is 1. The molecule has 0 aromatic heterocycles. The number of benzene rings is 1. The standard InChI is InChI=1S/C19H29N3O2/c1-14(15-7-4-8-15)21-19(24)20-11-18(23)13-22-10-9-16-5-2-3-6-17(16)12-22/h2-3,5-6,14-15,18,23H,4,7-13H2,1H3,(H2,20,21,24). The summed E-state index contributed by atoms with van der Waals surface area (Å²) >= 11 is 0. The zero-order valence-corrected chi connectivity index (χ0v) is 14.5. The van der Waals surface area contributed by atoms with Gasteiger partial charge >= 0.3 is 6.03 Å². The Bertz CT molecular complexity index is 559. The van der Waals surface area contributed by atoms with Crippen LogP contribution in [0.1, 0.15) is 37.3 Å². The van der Waals surface area contributed by atoms with Crippen molar-refractivity contribution in [2.75, 3.05) is 19.6 Å². The summed E-state index contributed by atoms with van der Waals surface area (Å²) in [6.07, 6.45) is 4.17. The van der Waals surface area contributed by atoms with Gasteiger partial charge in [0.25, 0.3) is 0 Å². The molecule has 5 heteroatoms. The molecule has 132 valence electrons. The number of aliphatic hydroxyl groups excluding tert-OH is 1. The Kier molecular flexibility index (Phi) is 5.74. The van der Waals surface area contributed by atoms with Crippen LogP contribution in [-0.4, -0.2) is 47.8 Å². The Morgan fingerprint density at radius 3 is 2.79 bits per heavy atom. The molecule has 24 heavy (non-hydrogen) atoms. The third-order valence-corrected chi connectivity index (χ3v) is 5.39. The number of rotatable bonds is 6. The number of carbonyl (C=O) groups excluding carboxylic acids is 1. The van der Waals surface area contributed by atoms with E-state index in [1.165, 1.54) is 30.4 Å². The first-order chi connectivity index (χ1) is 11.6. The van der Waals surface area contributed by atoms with E-state index in [1.807, 2.05) is 0 Å². The number of nitrogens with zero attached hydrogens (tertiary/aromatic N) is 1. The van der Waals surface area contributed by atoms with Crippen LogP contribution in [0.2, 0.25) is 0 Å². The second-order valence-corrected chi connectivity index (χ2v) is 7.24. The molecule has 1 aromatic rings. The van der Waals surface area contributed by atoms with Gasteiger partial charge in [0.15, 0.2) is 0 Å². The van der Waals surface area contributed by atoms with E-state index in [0.717, 1.165) is 19.5 Å². The quantitative estimate of drug-likeness (QED) is 0.746. The number of carbonyl (C=O) groups is 1. The van der Waals surface area contributed by atoms with Gasteiger partial charge in [-0.1, -0.05) is 30.7 Å². The third kappa shape index (κ3) is 4.48. The Morgan fingerprint density at radius 1 is 1.33 bits per heavy atom. The van der Waals surface area contributed by atoms with E-state index in [4.69, 9.17) is 0 Å². The van der Waals surface area contributed by atoms with E-state index in [9.17, 15) is 9.90 Å². The lowest BCUT2D eigenvalue weighted by Gasteiger charge is -2.32. The van der Waals surface area contributed by atoms with Crippen molar-refractivity contribution in [1.82, 2.24) is 15.5 Å². The van der Waals surface area contributed by atoms with Gasteiger partial charge in [0, 0.05) is 32.2 Å². The first-order valence-electron chi connectivity index (χ1n) is 9.13. The summed E-state index contributed by atoms with van der Waals surface area (Å²) in [5.74, 6) is 0.620. The maximum Gasteiger partial charge on any atom is 0.315 e. The second-order valence-electron chi connectivity index (χ2n) is 7.24. The van der Waals surface area contributed by atoms with Crippen molar-refractivity contribution >= 4 is 6.03 Å². The molecule has 3 N–H and O–H groups in total. The maximum absolute atomic E-state index is 11.9. The molecule has 1 heterocycles. The van der Waals surface area contributed by atoms with Gasteiger partial charge in [0.2, 0.25) is 0 Å². The molecule has 5 nitrogen and oxygen atoms in total. The van der Waals surface area contributed by atoms with Gasteiger partial charge in [0.05, 0.1) is 6.10 Å². The minimum Gasteiger partial charge on any atom is -0.390 e. The maximum atomic E-state index is 11.9. The van der Waals surface area contributed by atoms with Gasteiger partial charge in [-0.15, -0.1) is 0 Å². The van der Waals surface area contributed by atoms with E-state index < -0.39 is 6.10 Å². The number of amides is 2. The molecular formula is C19H29N3O2. The van der Waals surface area contributed by atoms with Crippen LogP contribution in [0.4, 0.5) is 4.79 Å². The van der Waals surface area contributed by atoms with Crippen molar-refractivity contribution in [1.29, 1.82) is 0 Å². The molecule has 1 aliphatic carbocycles. The zero-order chi connectivity index (χ0) is 16.9. The fourth-order valence-electron chi connectivity index (χ4n) is 3.60. The average Bonchev–Trinajstić information content (AvgIpc) is 2.51. The molecule has 0 spiro atoms. The molecule has 0 radical (unpaired) electrons. The highest BCUT2D eigenvalue weighted by Gasteiger charge is 2.25. The van der Waals surface area contributed by atoms with Crippen LogP contribution >= 0.6 is 0 Å². The highest BCUT2D eigenvalue weighted by Crippen LogP contribution is 2.29. The van der Waals surface area contributed by atoms with Crippen LogP contribution in [-0.2, 0) is 13.0 Å². The van der Waals surface area contributed by atoms with E-state index >= 15 is 0 Å². The van der Waals surface area contributed by atoms with Crippen LogP contribution < -0.4 is 10.6 Å². The molecule has 2 amide bonds. The number of nitrogens with one attached hydrogen (secondary N) is 2. The molecular weight excluding hydrogens is 302 g/mol. The summed E-state index contributed by atoms with van der Waals surface area (Å²) < 4.78 is 0. The average molecular weight is 331 g/mol. The molecule has 1 aliphatic heterocycles. The summed E-state index contributed by atoms with van der Waals surface area (Å²) in [5.41, 5.74) is 2.75. The lowest BCUT2D eigenvalue weighted by molar-refractivity contribution is 0.105. The van der Waals surface area contributed by atoms with E-state index in [-0.39, 0.29) is 12.1 Å². The number of β-amino-alcohol motifs (C(OH)–C–C–N with tert-alkyl or cyclic N) is 1. The molecule has 2 aliphatic rings. The molecule has 0 bridgehead atoms. The number of hydrogen-bond donors (Lipinski definition) is 3. The number of urea groups is 1. The number of hydrogen-bond acceptors (Lipinski definition) is 3. The topological polar surface area (TPSA) is 64.6 Å². The predicted molar refractivity (Wildman–Crippen MR) is 94.8 cm³/mol. The Hall–Kier alpha value is -1.59. The summed E-state index contributed by atoms with van der Waals surface area (Å²) in [6, 6.07) is 8.52. The Balaban J connectivity index is 1.36. The fraction of sp³-hybridized carbons (Fsp3) is 0.632. The zero-order valence-electron chi connectivity index (χ0n) is 14.5. The first-order valence-corrected chi connectivity index (χ1v) is 9.13. The fourth-order valence-corrected chi connectivity index (χ4v) is 3.60. The van der Waals surface area contributed by atoms with Gasteiger partial charge in [-0.2, -0.15) is 0 Å². The minimum absolute atomic E-state index is 0.169. The normalized spacial score (nSPS) is 20.6. The van der Waals surface area contributed by atoms with Crippen molar-refractivity contribution in [3.05, 3.63) is 35.4 Å². The summed E-state index contributed by atoms with van der Waals surface area (Å²) in [5, 5.41) is 16.0. The van der Waals surface area contributed by atoms with Crippen LogP contribution in [0.5, 0.6) is 0 Å². The summed E-state index contributed by atoms with van der Waals surface area (Å²) in [7, 11) is 0. The van der Waals surface area contributed by atoms with Crippen molar-refractivity contribution in [3.63, 3.8) is 0 Å². The first kappa shape index (κ1) is 17.2. The van der Waals surface area contributed by atoms with E-state index in [0.29, 0.717) is 19.0 Å². The molecule has 2 unspecified atom stereocenters. The van der Waals surface area contributed by atoms with Gasteiger partial charge in [-0.3, -0.25) is 4.90 Å². The van der Waals surface area contributed by atoms with Gasteiger partial charge in [0.1, 0.15) is 0 Å². The second kappa shape index (κ2) is 7.99. The van der Waals surface area contributed by atoms with Crippen molar-refractivity contribution in [2.45, 2.75) is 51.3 Å². The van der Waals surface area contributed by atoms with Crippen LogP contribution in [0.15, 0.2) is 24.3 Å². The van der Waals surface area contributed by atoms with E-state index in [1.54, 1.807) is 0 Å². The Morgan fingerprint density at radius 2 is 2.08 bits per heavy atom.